The molecule has 0 spiro atoms. The Hall–Kier alpha value is -4.54. The molecule has 0 aliphatic heterocycles. The lowest BCUT2D eigenvalue weighted by atomic mass is 9.98. The van der Waals surface area contributed by atoms with Crippen LogP contribution in [0.5, 0.6) is 0 Å². The van der Waals surface area contributed by atoms with Crippen LogP contribution >= 0.6 is 11.6 Å². The Labute approximate surface area is 200 Å². The van der Waals surface area contributed by atoms with Crippen molar-refractivity contribution in [3.05, 3.63) is 95.0 Å². The molecule has 0 aliphatic carbocycles. The minimum Gasteiger partial charge on any atom is -0.452 e. The van der Waals surface area contributed by atoms with E-state index in [0.717, 1.165) is 11.1 Å². The van der Waals surface area contributed by atoms with Crippen LogP contribution in [0.25, 0.3) is 22.5 Å². The summed E-state index contributed by atoms with van der Waals surface area (Å²) in [5.41, 5.74) is 8.21. The number of carbonyl (C=O) groups is 2. The number of halogens is 1. The van der Waals surface area contributed by atoms with E-state index in [-0.39, 0.29) is 22.7 Å². The second kappa shape index (κ2) is 9.94. The number of esters is 1. The second-order valence-corrected chi connectivity index (χ2v) is 7.65. The van der Waals surface area contributed by atoms with Crippen LogP contribution in [-0.4, -0.2) is 18.5 Å². The number of hydrogen-bond donors (Lipinski definition) is 2. The number of nitrogen functional groups attached to an aromatic ring is 1. The zero-order chi connectivity index (χ0) is 24.1. The number of nitrogens with two attached hydrogens (primary N) is 1. The molecule has 34 heavy (non-hydrogen) atoms. The highest BCUT2D eigenvalue weighted by Crippen LogP contribution is 2.41. The molecule has 7 nitrogen and oxygen atoms in total. The van der Waals surface area contributed by atoms with E-state index in [9.17, 15) is 14.9 Å². The Morgan fingerprint density at radius 1 is 1.00 bits per heavy atom. The van der Waals surface area contributed by atoms with Crippen molar-refractivity contribution in [3.8, 4) is 28.5 Å². The fourth-order valence-electron chi connectivity index (χ4n) is 3.39. The number of carbonyl (C=O) groups excluding carboxylic acids is 2. The summed E-state index contributed by atoms with van der Waals surface area (Å²) in [5, 5.41) is 12.8. The minimum absolute atomic E-state index is 0.0349. The van der Waals surface area contributed by atoms with Crippen molar-refractivity contribution in [2.75, 3.05) is 17.7 Å². The molecular weight excluding hydrogens is 454 g/mol. The van der Waals surface area contributed by atoms with Gasteiger partial charge in [-0.3, -0.25) is 10.1 Å². The first-order valence-electron chi connectivity index (χ1n) is 10.2. The second-order valence-electron chi connectivity index (χ2n) is 7.21. The Kier molecular flexibility index (Phi) is 6.62. The molecule has 1 heterocycles. The monoisotopic (exact) mass is 471 g/mol. The highest BCUT2D eigenvalue weighted by molar-refractivity contribution is 6.31. The van der Waals surface area contributed by atoms with Crippen molar-refractivity contribution >= 4 is 35.0 Å². The first-order valence-corrected chi connectivity index (χ1v) is 10.6. The zero-order valence-electron chi connectivity index (χ0n) is 17.7. The third-order valence-electron chi connectivity index (χ3n) is 4.94. The van der Waals surface area contributed by atoms with Gasteiger partial charge in [0.2, 0.25) is 5.88 Å². The van der Waals surface area contributed by atoms with Crippen LogP contribution in [0.3, 0.4) is 0 Å². The fraction of sp³-hybridized carbons (Fsp3) is 0.0385. The molecule has 3 N–H and O–H groups in total. The highest BCUT2D eigenvalue weighted by Gasteiger charge is 2.24. The Morgan fingerprint density at radius 3 is 2.26 bits per heavy atom. The van der Waals surface area contributed by atoms with Gasteiger partial charge in [-0.15, -0.1) is 0 Å². The zero-order valence-corrected chi connectivity index (χ0v) is 18.5. The summed E-state index contributed by atoms with van der Waals surface area (Å²) in [5.74, 6) is -1.05. The van der Waals surface area contributed by atoms with E-state index < -0.39 is 18.5 Å². The summed E-state index contributed by atoms with van der Waals surface area (Å²) in [7, 11) is 0. The normalized spacial score (nSPS) is 10.4. The molecule has 168 valence electrons. The van der Waals surface area contributed by atoms with Gasteiger partial charge < -0.3 is 14.9 Å². The molecule has 1 amide bonds. The van der Waals surface area contributed by atoms with E-state index in [1.807, 2.05) is 60.7 Å². The van der Waals surface area contributed by atoms with Crippen LogP contribution in [0.1, 0.15) is 15.9 Å². The maximum absolute atomic E-state index is 12.5. The van der Waals surface area contributed by atoms with Gasteiger partial charge in [0.25, 0.3) is 5.91 Å². The molecule has 0 saturated carbocycles. The molecule has 8 heteroatoms. The number of furan rings is 1. The Morgan fingerprint density at radius 2 is 1.65 bits per heavy atom. The maximum atomic E-state index is 12.5. The SMILES string of the molecule is N#Cc1c(NC(=O)COC(=O)c2ccc(Cl)cc2N)oc(-c2ccccc2)c1-c1ccccc1. The van der Waals surface area contributed by atoms with Crippen molar-refractivity contribution < 1.29 is 18.7 Å². The maximum Gasteiger partial charge on any atom is 0.340 e. The number of amides is 1. The van der Waals surface area contributed by atoms with Crippen LogP contribution in [0, 0.1) is 11.3 Å². The van der Waals surface area contributed by atoms with Gasteiger partial charge in [0.1, 0.15) is 17.4 Å². The number of anilines is 2. The van der Waals surface area contributed by atoms with Gasteiger partial charge in [-0.05, 0) is 23.8 Å². The standard InChI is InChI=1S/C26H18ClN3O4/c27-18-11-12-19(21(29)13-18)26(32)33-15-22(31)30-25-20(14-28)23(16-7-3-1-4-8-16)24(34-25)17-9-5-2-6-10-17/h1-13H,15,29H2,(H,30,31). The van der Waals surface area contributed by atoms with Crippen LogP contribution in [-0.2, 0) is 9.53 Å². The van der Waals surface area contributed by atoms with Crippen molar-refractivity contribution in [3.63, 3.8) is 0 Å². The summed E-state index contributed by atoms with van der Waals surface area (Å²) in [6.45, 7) is -0.603. The van der Waals surface area contributed by atoms with Crippen molar-refractivity contribution in [2.45, 2.75) is 0 Å². The smallest absolute Gasteiger partial charge is 0.340 e. The van der Waals surface area contributed by atoms with Gasteiger partial charge in [0.05, 0.1) is 5.56 Å². The van der Waals surface area contributed by atoms with Crippen LogP contribution in [0.4, 0.5) is 11.6 Å². The third-order valence-corrected chi connectivity index (χ3v) is 5.17. The molecule has 0 aliphatic rings. The Balaban J connectivity index is 1.59. The van der Waals surface area contributed by atoms with E-state index in [2.05, 4.69) is 11.4 Å². The lowest BCUT2D eigenvalue weighted by molar-refractivity contribution is -0.119. The lowest BCUT2D eigenvalue weighted by Gasteiger charge is -2.07. The quantitative estimate of drug-likeness (QED) is 0.282. The molecule has 0 radical (unpaired) electrons. The van der Waals surface area contributed by atoms with E-state index in [1.54, 1.807) is 0 Å². The van der Waals surface area contributed by atoms with E-state index in [0.29, 0.717) is 16.3 Å². The largest absolute Gasteiger partial charge is 0.452 e. The number of rotatable bonds is 6. The van der Waals surface area contributed by atoms with Crippen molar-refractivity contribution in [2.24, 2.45) is 0 Å². The van der Waals surface area contributed by atoms with Gasteiger partial charge in [0, 0.05) is 21.8 Å². The number of nitrogens with one attached hydrogen (secondary N) is 1. The summed E-state index contributed by atoms with van der Waals surface area (Å²) >= 11 is 5.84. The molecule has 0 atom stereocenters. The van der Waals surface area contributed by atoms with Crippen LogP contribution < -0.4 is 11.1 Å². The molecule has 0 unspecified atom stereocenters. The van der Waals surface area contributed by atoms with Crippen molar-refractivity contribution in [1.82, 2.24) is 0 Å². The van der Waals surface area contributed by atoms with E-state index in [1.165, 1.54) is 18.2 Å². The summed E-state index contributed by atoms with van der Waals surface area (Å²) in [6.07, 6.45) is 0. The molecule has 4 aromatic rings. The minimum atomic E-state index is -0.779. The topological polar surface area (TPSA) is 118 Å². The summed E-state index contributed by atoms with van der Waals surface area (Å²) in [4.78, 5) is 24.8. The van der Waals surface area contributed by atoms with E-state index in [4.69, 9.17) is 26.5 Å². The van der Waals surface area contributed by atoms with Crippen LogP contribution in [0.2, 0.25) is 5.02 Å². The number of benzene rings is 3. The predicted molar refractivity (Wildman–Crippen MR) is 129 cm³/mol. The number of nitrogens with zero attached hydrogens (tertiary/aromatic N) is 1. The van der Waals surface area contributed by atoms with Gasteiger partial charge in [-0.2, -0.15) is 5.26 Å². The van der Waals surface area contributed by atoms with E-state index >= 15 is 0 Å². The predicted octanol–water partition coefficient (Wildman–Crippen LogP) is 5.52. The van der Waals surface area contributed by atoms with Crippen LogP contribution in [0.15, 0.2) is 83.3 Å². The third kappa shape index (κ3) is 4.77. The summed E-state index contributed by atoms with van der Waals surface area (Å²) in [6, 6.07) is 24.9. The highest BCUT2D eigenvalue weighted by atomic mass is 35.5. The van der Waals surface area contributed by atoms with Gasteiger partial charge in [-0.1, -0.05) is 72.3 Å². The molecule has 0 fully saturated rings. The van der Waals surface area contributed by atoms with Gasteiger partial charge >= 0.3 is 5.97 Å². The molecular formula is C26H18ClN3O4. The molecule has 3 aromatic carbocycles. The molecule has 4 rings (SSSR count). The average Bonchev–Trinajstić information content (AvgIpc) is 3.21. The molecule has 0 saturated heterocycles. The van der Waals surface area contributed by atoms with Gasteiger partial charge in [-0.25, -0.2) is 4.79 Å². The van der Waals surface area contributed by atoms with Gasteiger partial charge in [0.15, 0.2) is 6.61 Å². The number of nitriles is 1. The first-order chi connectivity index (χ1) is 16.5. The molecule has 0 bridgehead atoms. The van der Waals surface area contributed by atoms with Crippen molar-refractivity contribution in [1.29, 1.82) is 5.26 Å². The first kappa shape index (κ1) is 22.6. The average molecular weight is 472 g/mol. The molecule has 1 aromatic heterocycles. The summed E-state index contributed by atoms with van der Waals surface area (Å²) < 4.78 is 11.0. The fourth-order valence-corrected chi connectivity index (χ4v) is 3.57. The lowest BCUT2D eigenvalue weighted by Crippen LogP contribution is -2.21. The number of hydrogen-bond acceptors (Lipinski definition) is 6. The number of ether oxygens (including phenoxy) is 1. The Bertz CT molecular complexity index is 1390.